The number of hydrogen-bond acceptors (Lipinski definition) is 15. The quantitative estimate of drug-likeness (QED) is 0.0401. The van der Waals surface area contributed by atoms with Gasteiger partial charge in [0.05, 0.1) is 32.1 Å². The summed E-state index contributed by atoms with van der Waals surface area (Å²) in [5.74, 6) is 0.166. The lowest BCUT2D eigenvalue weighted by Crippen LogP contribution is -2.50. The van der Waals surface area contributed by atoms with Crippen LogP contribution in [0.15, 0.2) is 85.3 Å². The molecular weight excluding hydrogens is 1030 g/mol. The summed E-state index contributed by atoms with van der Waals surface area (Å²) in [5, 5.41) is 35.6. The van der Waals surface area contributed by atoms with E-state index in [4.69, 9.17) is 35.3 Å². The molecule has 18 nitrogen and oxygen atoms in total. The number of pyridine rings is 1. The summed E-state index contributed by atoms with van der Waals surface area (Å²) in [5.41, 5.74) is 16.1. The van der Waals surface area contributed by atoms with E-state index in [0.29, 0.717) is 90.7 Å². The van der Waals surface area contributed by atoms with Gasteiger partial charge in [-0.2, -0.15) is 9.97 Å². The van der Waals surface area contributed by atoms with Crippen LogP contribution in [0.25, 0.3) is 44.4 Å². The summed E-state index contributed by atoms with van der Waals surface area (Å²) in [6, 6.07) is 19.6. The van der Waals surface area contributed by atoms with E-state index >= 15 is 4.39 Å². The number of nitrogens with one attached hydrogen (secondary N) is 3. The molecule has 1 saturated carbocycles. The van der Waals surface area contributed by atoms with Crippen molar-refractivity contribution in [3.8, 4) is 45.3 Å². The number of anilines is 2. The zero-order valence-corrected chi connectivity index (χ0v) is 46.2. The molecule has 0 spiro atoms. The highest BCUT2D eigenvalue weighted by atomic mass is 19.1. The molecule has 0 unspecified atom stereocenters. The molecule has 81 heavy (non-hydrogen) atoms. The molecule has 2 amide bonds. The number of nitrogens with zero attached hydrogens (tertiary/aromatic N) is 8. The number of aryl methyl sites for hydroxylation is 1. The summed E-state index contributed by atoms with van der Waals surface area (Å²) < 4.78 is 37.0. The van der Waals surface area contributed by atoms with E-state index in [-0.39, 0.29) is 60.7 Å². The van der Waals surface area contributed by atoms with Crippen LogP contribution in [-0.4, -0.2) is 122 Å². The highest BCUT2D eigenvalue weighted by molar-refractivity contribution is 6.05. The molecular formula is C62H69FN12O6. The summed E-state index contributed by atoms with van der Waals surface area (Å²) in [6.45, 7) is 10.6. The van der Waals surface area contributed by atoms with Crippen LogP contribution in [0, 0.1) is 31.0 Å². The van der Waals surface area contributed by atoms with Gasteiger partial charge in [-0.3, -0.25) is 14.6 Å². The Balaban J connectivity index is 0.818. The molecule has 19 heteroatoms. The summed E-state index contributed by atoms with van der Waals surface area (Å²) >= 11 is 0. The third-order valence-corrected chi connectivity index (χ3v) is 17.0. The third-order valence-electron chi connectivity index (χ3n) is 17.0. The molecule has 3 aromatic heterocycles. The predicted octanol–water partition coefficient (Wildman–Crippen LogP) is 8.56. The molecule has 4 aliphatic heterocycles. The van der Waals surface area contributed by atoms with E-state index in [9.17, 15) is 14.7 Å². The molecule has 6 N–H and O–H groups in total. The van der Waals surface area contributed by atoms with Crippen LogP contribution < -0.4 is 30.7 Å². The fourth-order valence-electron chi connectivity index (χ4n) is 12.5. The van der Waals surface area contributed by atoms with Crippen LogP contribution in [0.5, 0.6) is 11.8 Å². The van der Waals surface area contributed by atoms with Crippen molar-refractivity contribution >= 4 is 40.4 Å². The smallest absolute Gasteiger partial charge is 0.319 e. The molecule has 7 aromatic rings. The van der Waals surface area contributed by atoms with Gasteiger partial charge in [0, 0.05) is 96.5 Å². The van der Waals surface area contributed by atoms with E-state index in [2.05, 4.69) is 36.9 Å². The molecule has 4 saturated heterocycles. The van der Waals surface area contributed by atoms with Crippen molar-refractivity contribution in [1.29, 1.82) is 5.41 Å². The molecule has 1 aliphatic carbocycles. The number of aromatic nitrogens is 6. The number of benzene rings is 4. The Morgan fingerprint density at radius 1 is 1.00 bits per heavy atom. The summed E-state index contributed by atoms with van der Waals surface area (Å²) in [7, 11) is 0. The number of halogens is 1. The van der Waals surface area contributed by atoms with Crippen molar-refractivity contribution in [1.82, 2.24) is 45.5 Å². The second-order valence-corrected chi connectivity index (χ2v) is 22.8. The maximum absolute atomic E-state index is 16.0. The number of aliphatic hydroxyl groups is 1. The monoisotopic (exact) mass is 1100 g/mol. The maximum atomic E-state index is 16.0. The molecule has 5 fully saturated rings. The minimum Gasteiger partial charge on any atom is -0.486 e. The van der Waals surface area contributed by atoms with Gasteiger partial charge in [0.15, 0.2) is 5.75 Å². The van der Waals surface area contributed by atoms with Gasteiger partial charge < -0.3 is 50.9 Å². The number of fused-ring (bicyclic) bond motifs is 3. The number of likely N-dealkylation sites (tertiary alicyclic amines) is 1. The Morgan fingerprint density at radius 3 is 2.47 bits per heavy atom. The van der Waals surface area contributed by atoms with Gasteiger partial charge in [0.1, 0.15) is 47.6 Å². The predicted molar refractivity (Wildman–Crippen MR) is 307 cm³/mol. The first-order valence-corrected chi connectivity index (χ1v) is 28.4. The van der Waals surface area contributed by atoms with Crippen molar-refractivity contribution in [3.63, 3.8) is 0 Å². The minimum atomic E-state index is -0.741. The van der Waals surface area contributed by atoms with Gasteiger partial charge >= 0.3 is 6.01 Å². The van der Waals surface area contributed by atoms with Crippen molar-refractivity contribution in [2.45, 2.75) is 121 Å². The topological polar surface area (TPSA) is 232 Å². The maximum Gasteiger partial charge on any atom is 0.319 e. The van der Waals surface area contributed by atoms with Crippen LogP contribution in [-0.2, 0) is 20.9 Å². The zero-order valence-electron chi connectivity index (χ0n) is 46.2. The van der Waals surface area contributed by atoms with E-state index in [1.807, 2.05) is 81.6 Å². The lowest BCUT2D eigenvalue weighted by molar-refractivity contribution is -0.142. The van der Waals surface area contributed by atoms with E-state index in [0.717, 1.165) is 82.5 Å². The van der Waals surface area contributed by atoms with Crippen LogP contribution >= 0.6 is 0 Å². The van der Waals surface area contributed by atoms with Crippen molar-refractivity contribution in [3.05, 3.63) is 125 Å². The average Bonchev–Trinajstić information content (AvgIpc) is 3.82. The Hall–Kier alpha value is -7.87. The highest BCUT2D eigenvalue weighted by Crippen LogP contribution is 2.53. The summed E-state index contributed by atoms with van der Waals surface area (Å²) in [4.78, 5) is 47.2. The number of ether oxygens (including phenoxy) is 3. The Bertz CT molecular complexity index is 3510. The fourth-order valence-corrected chi connectivity index (χ4v) is 12.5. The largest absolute Gasteiger partial charge is 0.486 e. The number of nitrogen functional groups attached to an aromatic ring is 1. The number of nitrogens with two attached hydrogens (primary N) is 1. The number of carbonyl (C=O) groups is 2. The Morgan fingerprint density at radius 2 is 1.78 bits per heavy atom. The SMILES string of the molecule is Cc1cnccc1-c1ccc([C@H](CO)NC(=O)[C@@H]2CCCN2C(=O)[C@H](C(C)C)n2cc(-c3ccc(COc4c(-c5c(C)c(F)cc(N)c5C=N)c(C5CC5)cc5c(N6C[C@@H]7C[C@H]6CN7)nc(OC6CCOCC6)nc45)cc3)nn2)cc1. The van der Waals surface area contributed by atoms with Gasteiger partial charge in [0.2, 0.25) is 11.8 Å². The van der Waals surface area contributed by atoms with Gasteiger partial charge in [-0.15, -0.1) is 5.10 Å². The first-order chi connectivity index (χ1) is 39.3. The fraction of sp³-hybridized carbons (Fsp3) is 0.419. The molecule has 2 bridgehead atoms. The van der Waals surface area contributed by atoms with E-state index in [1.165, 1.54) is 12.3 Å². The zero-order chi connectivity index (χ0) is 56.1. The number of piperazine rings is 1. The number of hydrogen-bond donors (Lipinski definition) is 5. The second-order valence-electron chi connectivity index (χ2n) is 22.8. The highest BCUT2D eigenvalue weighted by Gasteiger charge is 2.42. The molecule has 7 heterocycles. The van der Waals surface area contributed by atoms with Crippen LogP contribution in [0.4, 0.5) is 15.9 Å². The Kier molecular flexibility index (Phi) is 15.0. The molecule has 420 valence electrons. The van der Waals surface area contributed by atoms with E-state index < -0.39 is 23.9 Å². The van der Waals surface area contributed by atoms with Gasteiger partial charge in [-0.05, 0) is 115 Å². The summed E-state index contributed by atoms with van der Waals surface area (Å²) in [6.07, 6.45) is 11.8. The number of amides is 2. The lowest BCUT2D eigenvalue weighted by atomic mass is 9.87. The van der Waals surface area contributed by atoms with Crippen molar-refractivity contribution < 1.29 is 33.3 Å². The van der Waals surface area contributed by atoms with Crippen LogP contribution in [0.2, 0.25) is 0 Å². The first kappa shape index (κ1) is 53.8. The van der Waals surface area contributed by atoms with Gasteiger partial charge in [-0.1, -0.05) is 67.6 Å². The minimum absolute atomic E-state index is 0.104. The normalized spacial score (nSPS) is 19.8. The van der Waals surface area contributed by atoms with Crippen LogP contribution in [0.3, 0.4) is 0 Å². The number of aliphatic hydroxyl groups excluding tert-OH is 1. The van der Waals surface area contributed by atoms with Gasteiger partial charge in [-0.25, -0.2) is 9.07 Å². The number of carbonyl (C=O) groups excluding carboxylic acids is 2. The van der Waals surface area contributed by atoms with Crippen molar-refractivity contribution in [2.24, 2.45) is 5.92 Å². The van der Waals surface area contributed by atoms with E-state index in [1.54, 1.807) is 28.9 Å². The molecule has 5 aliphatic rings. The lowest BCUT2D eigenvalue weighted by Gasteiger charge is -2.31. The molecule has 4 aromatic carbocycles. The number of rotatable bonds is 18. The Labute approximate surface area is 470 Å². The molecule has 0 radical (unpaired) electrons. The second kappa shape index (κ2) is 22.6. The van der Waals surface area contributed by atoms with Gasteiger partial charge in [0.25, 0.3) is 0 Å². The van der Waals surface area contributed by atoms with Crippen molar-refractivity contribution in [2.75, 3.05) is 50.1 Å². The first-order valence-electron chi connectivity index (χ1n) is 28.4. The third kappa shape index (κ3) is 10.6. The van der Waals surface area contributed by atoms with Crippen LogP contribution in [0.1, 0.15) is 110 Å². The standard InChI is InChI=1S/C62H69FN12O6/c1-34(2)57(61(78)73-21-5-6-53(73)60(77)68-52(32-76)41-15-13-38(14-16-41)45-17-20-66-28-35(45)3)75-31-51(71-72-75)40-9-7-37(8-10-40)33-80-58-55(54-36(4)49(63)26-50(65)48(54)27-64)46(39-11-12-39)25-47-56(58)69-62(81-44-18-22-79-23-19-44)70-59(47)74-30-42-24-43(74)29-67-42/h7-10,13-17,20,25-28,31,34,39,42-44,52-53,57,64,67,76H,5-6,11-12,18-19,21-24,29-30,32-33,65H2,1-4H3,(H,68,77)/t42-,43-,52-,53-,57-/m0/s1. The molecule has 5 atom stereocenters. The average molecular weight is 1100 g/mol. The molecule has 12 rings (SSSR count).